The molecule has 5 nitrogen and oxygen atoms in total. The Hall–Kier alpha value is -2.21. The first-order valence-corrected chi connectivity index (χ1v) is 6.24. The van der Waals surface area contributed by atoms with Crippen LogP contribution in [0.4, 0.5) is 11.4 Å². The molecule has 0 aliphatic heterocycles. The van der Waals surface area contributed by atoms with Crippen LogP contribution in [-0.4, -0.2) is 11.1 Å². The van der Waals surface area contributed by atoms with Crippen molar-refractivity contribution in [2.75, 3.05) is 5.43 Å². The minimum atomic E-state index is -0.436. The zero-order valence-corrected chi connectivity index (χ0v) is 11.4. The van der Waals surface area contributed by atoms with E-state index in [0.717, 1.165) is 10.0 Å². The van der Waals surface area contributed by atoms with Crippen LogP contribution in [-0.2, 0) is 0 Å². The van der Waals surface area contributed by atoms with E-state index >= 15 is 0 Å². The van der Waals surface area contributed by atoms with Crippen LogP contribution in [0.1, 0.15) is 5.56 Å². The summed E-state index contributed by atoms with van der Waals surface area (Å²) in [4.78, 5) is 10.1. The quantitative estimate of drug-likeness (QED) is 0.529. The highest BCUT2D eigenvalue weighted by atomic mass is 79.9. The Balaban J connectivity index is 2.03. The first-order chi connectivity index (χ1) is 9.16. The van der Waals surface area contributed by atoms with Crippen LogP contribution in [0.15, 0.2) is 58.1 Å². The number of hydrogen-bond acceptors (Lipinski definition) is 4. The fraction of sp³-hybridized carbons (Fsp3) is 0. The van der Waals surface area contributed by atoms with E-state index in [2.05, 4.69) is 26.5 Å². The Kier molecular flexibility index (Phi) is 4.25. The van der Waals surface area contributed by atoms with Gasteiger partial charge in [0.05, 0.1) is 16.8 Å². The molecule has 0 fully saturated rings. The van der Waals surface area contributed by atoms with Crippen LogP contribution >= 0.6 is 15.9 Å². The zero-order chi connectivity index (χ0) is 13.7. The molecule has 0 aliphatic rings. The molecule has 1 N–H and O–H groups in total. The van der Waals surface area contributed by atoms with Gasteiger partial charge in [-0.05, 0) is 18.2 Å². The molecule has 0 heterocycles. The number of halogens is 1. The van der Waals surface area contributed by atoms with E-state index < -0.39 is 4.92 Å². The number of hydrogen-bond donors (Lipinski definition) is 1. The molecule has 0 radical (unpaired) electrons. The van der Waals surface area contributed by atoms with Crippen molar-refractivity contribution in [2.45, 2.75) is 0 Å². The van der Waals surface area contributed by atoms with E-state index in [4.69, 9.17) is 0 Å². The number of benzene rings is 2. The van der Waals surface area contributed by atoms with E-state index in [1.165, 1.54) is 12.1 Å². The number of nitrogens with one attached hydrogen (secondary N) is 1. The van der Waals surface area contributed by atoms with Crippen molar-refractivity contribution in [2.24, 2.45) is 5.10 Å². The lowest BCUT2D eigenvalue weighted by molar-refractivity contribution is -0.384. The third kappa shape index (κ3) is 3.62. The maximum Gasteiger partial charge on any atom is 0.269 e. The molecular weight excluding hydrogens is 310 g/mol. The first kappa shape index (κ1) is 13.2. The van der Waals surface area contributed by atoms with Gasteiger partial charge >= 0.3 is 0 Å². The molecular formula is C13H10BrN3O2. The fourth-order valence-corrected chi connectivity index (χ4v) is 1.80. The summed E-state index contributed by atoms with van der Waals surface area (Å²) in [5, 5.41) is 14.6. The summed E-state index contributed by atoms with van der Waals surface area (Å²) in [7, 11) is 0. The molecule has 0 aromatic heterocycles. The number of nitrogens with zero attached hydrogens (tertiary/aromatic N) is 2. The van der Waals surface area contributed by atoms with Gasteiger partial charge in [-0.2, -0.15) is 5.10 Å². The van der Waals surface area contributed by atoms with Crippen LogP contribution in [0.5, 0.6) is 0 Å². The smallest absolute Gasteiger partial charge is 0.269 e. The molecule has 2 aromatic carbocycles. The number of anilines is 1. The summed E-state index contributed by atoms with van der Waals surface area (Å²) in [6.45, 7) is 0. The Morgan fingerprint density at radius 2 is 1.84 bits per heavy atom. The molecule has 19 heavy (non-hydrogen) atoms. The van der Waals surface area contributed by atoms with Crippen LogP contribution in [0, 0.1) is 10.1 Å². The minimum Gasteiger partial charge on any atom is -0.278 e. The first-order valence-electron chi connectivity index (χ1n) is 5.45. The van der Waals surface area contributed by atoms with Gasteiger partial charge in [-0.25, -0.2) is 0 Å². The SMILES string of the molecule is O=[N+]([O-])c1ccc(N/N=C/c2ccccc2Br)cc1. The lowest BCUT2D eigenvalue weighted by Gasteiger charge is -2.00. The standard InChI is InChI=1S/C13H10BrN3O2/c14-13-4-2-1-3-10(13)9-15-16-11-5-7-12(8-6-11)17(18)19/h1-9,16H/b15-9+. The van der Waals surface area contributed by atoms with Gasteiger partial charge in [-0.3, -0.25) is 15.5 Å². The maximum atomic E-state index is 10.5. The molecule has 96 valence electrons. The van der Waals surface area contributed by atoms with Crippen LogP contribution in [0.25, 0.3) is 0 Å². The maximum absolute atomic E-state index is 10.5. The van der Waals surface area contributed by atoms with E-state index in [0.29, 0.717) is 5.69 Å². The predicted molar refractivity (Wildman–Crippen MR) is 78.5 cm³/mol. The highest BCUT2D eigenvalue weighted by Gasteiger charge is 2.02. The molecule has 0 saturated heterocycles. The zero-order valence-electron chi connectivity index (χ0n) is 9.79. The molecule has 0 aliphatic carbocycles. The van der Waals surface area contributed by atoms with E-state index in [9.17, 15) is 10.1 Å². The van der Waals surface area contributed by atoms with Crippen LogP contribution in [0.2, 0.25) is 0 Å². The van der Waals surface area contributed by atoms with Gasteiger partial charge in [-0.1, -0.05) is 34.1 Å². The van der Waals surface area contributed by atoms with Crippen LogP contribution < -0.4 is 5.43 Å². The summed E-state index contributed by atoms with van der Waals surface area (Å²) in [6, 6.07) is 13.7. The topological polar surface area (TPSA) is 67.5 Å². The molecule has 2 rings (SSSR count). The van der Waals surface area contributed by atoms with Crippen molar-refractivity contribution in [1.29, 1.82) is 0 Å². The third-order valence-electron chi connectivity index (χ3n) is 2.38. The number of nitro benzene ring substituents is 1. The second-order valence-electron chi connectivity index (χ2n) is 3.70. The molecule has 2 aromatic rings. The fourth-order valence-electron chi connectivity index (χ4n) is 1.41. The second-order valence-corrected chi connectivity index (χ2v) is 4.55. The predicted octanol–water partition coefficient (Wildman–Crippen LogP) is 3.80. The lowest BCUT2D eigenvalue weighted by Crippen LogP contribution is -1.92. The average Bonchev–Trinajstić information content (AvgIpc) is 2.41. The van der Waals surface area contributed by atoms with E-state index in [1.807, 2.05) is 24.3 Å². The van der Waals surface area contributed by atoms with Gasteiger partial charge in [0, 0.05) is 22.2 Å². The van der Waals surface area contributed by atoms with Crippen molar-refractivity contribution in [3.8, 4) is 0 Å². The molecule has 0 spiro atoms. The summed E-state index contributed by atoms with van der Waals surface area (Å²) < 4.78 is 0.948. The second kappa shape index (κ2) is 6.10. The number of rotatable bonds is 4. The number of non-ortho nitro benzene ring substituents is 1. The Bertz CT molecular complexity index is 612. The van der Waals surface area contributed by atoms with Crippen molar-refractivity contribution in [3.05, 3.63) is 68.7 Å². The van der Waals surface area contributed by atoms with Gasteiger partial charge < -0.3 is 0 Å². The average molecular weight is 320 g/mol. The third-order valence-corrected chi connectivity index (χ3v) is 3.10. The van der Waals surface area contributed by atoms with Gasteiger partial charge in [0.25, 0.3) is 5.69 Å². The number of nitro groups is 1. The summed E-state index contributed by atoms with van der Waals surface area (Å²) in [5.41, 5.74) is 4.50. The van der Waals surface area contributed by atoms with Crippen molar-refractivity contribution >= 4 is 33.5 Å². The summed E-state index contributed by atoms with van der Waals surface area (Å²) in [5.74, 6) is 0. The molecule has 0 unspecified atom stereocenters. The molecule has 0 atom stereocenters. The lowest BCUT2D eigenvalue weighted by atomic mass is 10.2. The molecule has 0 bridgehead atoms. The van der Waals surface area contributed by atoms with Gasteiger partial charge in [0.2, 0.25) is 0 Å². The van der Waals surface area contributed by atoms with Gasteiger partial charge in [-0.15, -0.1) is 0 Å². The van der Waals surface area contributed by atoms with Crippen molar-refractivity contribution in [3.63, 3.8) is 0 Å². The summed E-state index contributed by atoms with van der Waals surface area (Å²) >= 11 is 3.41. The van der Waals surface area contributed by atoms with E-state index in [1.54, 1.807) is 18.3 Å². The Labute approximate surface area is 118 Å². The molecule has 0 saturated carbocycles. The van der Waals surface area contributed by atoms with Crippen molar-refractivity contribution in [1.82, 2.24) is 0 Å². The normalized spacial score (nSPS) is 10.6. The minimum absolute atomic E-state index is 0.0559. The molecule has 0 amide bonds. The number of hydrazone groups is 1. The Morgan fingerprint density at radius 3 is 2.47 bits per heavy atom. The van der Waals surface area contributed by atoms with Gasteiger partial charge in [0.15, 0.2) is 0 Å². The highest BCUT2D eigenvalue weighted by Crippen LogP contribution is 2.16. The Morgan fingerprint density at radius 1 is 1.16 bits per heavy atom. The van der Waals surface area contributed by atoms with Crippen LogP contribution in [0.3, 0.4) is 0 Å². The highest BCUT2D eigenvalue weighted by molar-refractivity contribution is 9.10. The van der Waals surface area contributed by atoms with Crippen molar-refractivity contribution < 1.29 is 4.92 Å². The largest absolute Gasteiger partial charge is 0.278 e. The summed E-state index contributed by atoms with van der Waals surface area (Å²) in [6.07, 6.45) is 1.67. The monoisotopic (exact) mass is 319 g/mol. The molecule has 6 heteroatoms. The van der Waals surface area contributed by atoms with E-state index in [-0.39, 0.29) is 5.69 Å². The van der Waals surface area contributed by atoms with Gasteiger partial charge in [0.1, 0.15) is 0 Å².